The third-order valence-corrected chi connectivity index (χ3v) is 3.55. The van der Waals surface area contributed by atoms with E-state index in [0.717, 1.165) is 9.36 Å². The van der Waals surface area contributed by atoms with Crippen LogP contribution in [0.25, 0.3) is 5.69 Å². The summed E-state index contributed by atoms with van der Waals surface area (Å²) in [7, 11) is 0. The van der Waals surface area contributed by atoms with E-state index in [9.17, 15) is 9.59 Å². The maximum absolute atomic E-state index is 12.2. The molecular weight excluding hydrogens is 326 g/mol. The minimum Gasteiger partial charge on any atom is -0.323 e. The average Bonchev–Trinajstić information content (AvgIpc) is 2.82. The molecule has 0 aliphatic carbocycles. The van der Waals surface area contributed by atoms with Crippen molar-refractivity contribution in [3.05, 3.63) is 39.2 Å². The van der Waals surface area contributed by atoms with Gasteiger partial charge < -0.3 is 4.90 Å². The van der Waals surface area contributed by atoms with Crippen molar-refractivity contribution in [2.24, 2.45) is 0 Å². The van der Waals surface area contributed by atoms with Crippen LogP contribution < -0.4 is 5.69 Å². The van der Waals surface area contributed by atoms with Gasteiger partial charge in [-0.25, -0.2) is 9.59 Å². The molecular formula is C12H14BrN5O2. The van der Waals surface area contributed by atoms with Gasteiger partial charge in [-0.05, 0) is 52.3 Å². The molecule has 0 saturated heterocycles. The fraction of sp³-hybridized carbons (Fsp3) is 0.333. The third-order valence-electron chi connectivity index (χ3n) is 2.88. The smallest absolute Gasteiger partial charge is 0.323 e. The van der Waals surface area contributed by atoms with Gasteiger partial charge in [0.2, 0.25) is 0 Å². The number of nitrogens with zero attached hydrogens (tertiary/aromatic N) is 5. The van der Waals surface area contributed by atoms with Crippen molar-refractivity contribution in [2.75, 3.05) is 13.1 Å². The second-order valence-corrected chi connectivity index (χ2v) is 4.85. The second-order valence-electron chi connectivity index (χ2n) is 3.99. The van der Waals surface area contributed by atoms with Gasteiger partial charge in [-0.3, -0.25) is 0 Å². The van der Waals surface area contributed by atoms with Crippen LogP contribution in [0.5, 0.6) is 0 Å². The van der Waals surface area contributed by atoms with Gasteiger partial charge in [0.1, 0.15) is 0 Å². The molecule has 106 valence electrons. The van der Waals surface area contributed by atoms with Gasteiger partial charge in [-0.15, -0.1) is 4.68 Å². The van der Waals surface area contributed by atoms with Crippen LogP contribution in [0.2, 0.25) is 0 Å². The molecule has 1 amide bonds. The van der Waals surface area contributed by atoms with Crippen molar-refractivity contribution < 1.29 is 4.79 Å². The van der Waals surface area contributed by atoms with Crippen LogP contribution in [0.15, 0.2) is 33.5 Å². The lowest BCUT2D eigenvalue weighted by molar-refractivity contribution is 0.200. The first-order valence-corrected chi connectivity index (χ1v) is 6.98. The highest BCUT2D eigenvalue weighted by atomic mass is 79.9. The first kappa shape index (κ1) is 14.4. The van der Waals surface area contributed by atoms with Crippen LogP contribution in [0.1, 0.15) is 13.8 Å². The molecule has 1 heterocycles. The summed E-state index contributed by atoms with van der Waals surface area (Å²) in [5, 5.41) is 7.41. The SMILES string of the molecule is CCN(CC)C(=O)n1nnn(-c2ccccc2Br)c1=O. The summed E-state index contributed by atoms with van der Waals surface area (Å²) in [6.07, 6.45) is 0. The van der Waals surface area contributed by atoms with Gasteiger partial charge in [0.25, 0.3) is 0 Å². The summed E-state index contributed by atoms with van der Waals surface area (Å²) in [5.74, 6) is 0. The highest BCUT2D eigenvalue weighted by Crippen LogP contribution is 2.17. The summed E-state index contributed by atoms with van der Waals surface area (Å²) < 4.78 is 2.56. The number of hydrogen-bond acceptors (Lipinski definition) is 4. The Bertz CT molecular complexity index is 674. The standard InChI is InChI=1S/C12H14BrN5O2/c1-3-16(4-2)11(19)18-12(20)17(14-15-18)10-8-6-5-7-9(10)13/h5-8H,3-4H2,1-2H3. The number of carbonyl (C=O) groups is 1. The number of tetrazole rings is 1. The fourth-order valence-corrected chi connectivity index (χ4v) is 2.22. The second kappa shape index (κ2) is 6.00. The Labute approximate surface area is 123 Å². The predicted octanol–water partition coefficient (Wildman–Crippen LogP) is 1.50. The zero-order chi connectivity index (χ0) is 14.7. The first-order valence-electron chi connectivity index (χ1n) is 6.19. The monoisotopic (exact) mass is 339 g/mol. The van der Waals surface area contributed by atoms with Gasteiger partial charge in [-0.1, -0.05) is 12.1 Å². The molecule has 2 rings (SSSR count). The van der Waals surface area contributed by atoms with Crippen LogP contribution in [-0.2, 0) is 0 Å². The summed E-state index contributed by atoms with van der Waals surface area (Å²) in [4.78, 5) is 25.9. The molecule has 1 aromatic carbocycles. The Hall–Kier alpha value is -1.96. The molecule has 7 nitrogen and oxygen atoms in total. The maximum Gasteiger partial charge on any atom is 0.377 e. The highest BCUT2D eigenvalue weighted by Gasteiger charge is 2.19. The quantitative estimate of drug-likeness (QED) is 0.794. The van der Waals surface area contributed by atoms with Crippen molar-refractivity contribution >= 4 is 22.0 Å². The molecule has 0 saturated carbocycles. The van der Waals surface area contributed by atoms with E-state index in [1.54, 1.807) is 18.2 Å². The Morgan fingerprint density at radius 1 is 1.25 bits per heavy atom. The van der Waals surface area contributed by atoms with Crippen LogP contribution in [0, 0.1) is 0 Å². The largest absolute Gasteiger partial charge is 0.377 e. The number of halogens is 1. The Kier molecular flexibility index (Phi) is 4.33. The van der Waals surface area contributed by atoms with E-state index in [4.69, 9.17) is 0 Å². The maximum atomic E-state index is 12.2. The number of carbonyl (C=O) groups excluding carboxylic acids is 1. The van der Waals surface area contributed by atoms with Crippen molar-refractivity contribution in [1.29, 1.82) is 0 Å². The molecule has 8 heteroatoms. The number of amides is 1. The third kappa shape index (κ3) is 2.51. The summed E-state index contributed by atoms with van der Waals surface area (Å²) in [6, 6.07) is 6.62. The Balaban J connectivity index is 2.45. The molecule has 0 aliphatic rings. The molecule has 0 spiro atoms. The lowest BCUT2D eigenvalue weighted by Gasteiger charge is -2.16. The van der Waals surface area contributed by atoms with E-state index in [-0.39, 0.29) is 0 Å². The number of para-hydroxylation sites is 1. The lowest BCUT2D eigenvalue weighted by Crippen LogP contribution is -2.40. The molecule has 0 N–H and O–H groups in total. The predicted molar refractivity (Wildman–Crippen MR) is 77.0 cm³/mol. The van der Waals surface area contributed by atoms with E-state index in [1.165, 1.54) is 4.90 Å². The van der Waals surface area contributed by atoms with Crippen molar-refractivity contribution in [3.8, 4) is 5.69 Å². The number of aromatic nitrogens is 4. The zero-order valence-electron chi connectivity index (χ0n) is 11.2. The van der Waals surface area contributed by atoms with Crippen LogP contribution in [0.4, 0.5) is 4.79 Å². The molecule has 0 fully saturated rings. The average molecular weight is 340 g/mol. The molecule has 0 atom stereocenters. The van der Waals surface area contributed by atoms with E-state index >= 15 is 0 Å². The molecule has 0 aliphatic heterocycles. The number of rotatable bonds is 3. The molecule has 0 radical (unpaired) electrons. The van der Waals surface area contributed by atoms with E-state index in [0.29, 0.717) is 23.2 Å². The number of hydrogen-bond donors (Lipinski definition) is 0. The van der Waals surface area contributed by atoms with Gasteiger partial charge in [0, 0.05) is 17.6 Å². The van der Waals surface area contributed by atoms with Crippen LogP contribution in [0.3, 0.4) is 0 Å². The van der Waals surface area contributed by atoms with Gasteiger partial charge in [-0.2, -0.15) is 4.68 Å². The Morgan fingerprint density at radius 3 is 2.50 bits per heavy atom. The molecule has 0 unspecified atom stereocenters. The van der Waals surface area contributed by atoms with Crippen molar-refractivity contribution in [2.45, 2.75) is 13.8 Å². The molecule has 1 aromatic heterocycles. The Morgan fingerprint density at radius 2 is 1.90 bits per heavy atom. The fourth-order valence-electron chi connectivity index (χ4n) is 1.77. The van der Waals surface area contributed by atoms with E-state index in [1.807, 2.05) is 19.9 Å². The minimum absolute atomic E-state index is 0.474. The first-order chi connectivity index (χ1) is 9.60. The van der Waals surface area contributed by atoms with Gasteiger partial charge >= 0.3 is 11.7 Å². The summed E-state index contributed by atoms with van der Waals surface area (Å²) >= 11 is 3.34. The molecule has 0 bridgehead atoms. The number of benzene rings is 1. The van der Waals surface area contributed by atoms with Crippen LogP contribution in [-0.4, -0.2) is 43.8 Å². The van der Waals surface area contributed by atoms with Crippen LogP contribution >= 0.6 is 15.9 Å². The van der Waals surface area contributed by atoms with Crippen molar-refractivity contribution in [1.82, 2.24) is 24.7 Å². The molecule has 2 aromatic rings. The summed E-state index contributed by atoms with van der Waals surface area (Å²) in [6.45, 7) is 4.68. The normalized spacial score (nSPS) is 10.6. The molecule has 20 heavy (non-hydrogen) atoms. The summed E-state index contributed by atoms with van der Waals surface area (Å²) in [5.41, 5.74) is -0.0510. The van der Waals surface area contributed by atoms with E-state index < -0.39 is 11.7 Å². The topological polar surface area (TPSA) is 73.0 Å². The van der Waals surface area contributed by atoms with Gasteiger partial charge in [0.15, 0.2) is 0 Å². The highest BCUT2D eigenvalue weighted by molar-refractivity contribution is 9.10. The van der Waals surface area contributed by atoms with Crippen molar-refractivity contribution in [3.63, 3.8) is 0 Å². The lowest BCUT2D eigenvalue weighted by atomic mass is 10.3. The minimum atomic E-state index is -0.589. The zero-order valence-corrected chi connectivity index (χ0v) is 12.7. The van der Waals surface area contributed by atoms with E-state index in [2.05, 4.69) is 26.4 Å². The van der Waals surface area contributed by atoms with Gasteiger partial charge in [0.05, 0.1) is 5.69 Å².